The molecular weight excluding hydrogens is 519 g/mol. The molecule has 3 aromatic rings. The first-order valence-corrected chi connectivity index (χ1v) is 13.4. The Labute approximate surface area is 221 Å². The van der Waals surface area contributed by atoms with E-state index in [0.29, 0.717) is 17.5 Å². The quantitative estimate of drug-likeness (QED) is 0.327. The summed E-state index contributed by atoms with van der Waals surface area (Å²) < 4.78 is 41.2. The van der Waals surface area contributed by atoms with Gasteiger partial charge in [-0.1, -0.05) is 41.9 Å². The third-order valence-corrected chi connectivity index (χ3v) is 8.03. The number of halogens is 2. The lowest BCUT2D eigenvalue weighted by Gasteiger charge is -2.29. The Hall–Kier alpha value is -2.82. The van der Waals surface area contributed by atoms with Crippen molar-refractivity contribution in [3.8, 4) is 11.1 Å². The molecule has 0 spiro atoms. The third kappa shape index (κ3) is 7.59. The number of β-amino-alcohol motifs (C(OH)–C–C–N with tert-alkyl or cyclic N) is 1. The number of benzene rings is 3. The molecule has 0 aromatic heterocycles. The van der Waals surface area contributed by atoms with Crippen LogP contribution in [-0.2, 0) is 16.4 Å². The van der Waals surface area contributed by atoms with Crippen LogP contribution in [-0.4, -0.2) is 60.7 Å². The van der Waals surface area contributed by atoms with Crippen LogP contribution in [0, 0.1) is 5.82 Å². The molecule has 0 amide bonds. The molecule has 0 saturated carbocycles. The first kappa shape index (κ1) is 28.7. The molecule has 0 fully saturated rings. The highest BCUT2D eigenvalue weighted by Gasteiger charge is 2.25. The summed E-state index contributed by atoms with van der Waals surface area (Å²) in [6.07, 6.45) is -0.533. The van der Waals surface area contributed by atoms with E-state index in [1.807, 2.05) is 13.8 Å². The Balaban J connectivity index is 1.65. The van der Waals surface area contributed by atoms with Gasteiger partial charge in [-0.3, -0.25) is 0 Å². The van der Waals surface area contributed by atoms with E-state index >= 15 is 0 Å². The fourth-order valence-corrected chi connectivity index (χ4v) is 5.30. The van der Waals surface area contributed by atoms with Gasteiger partial charge in [-0.15, -0.1) is 0 Å². The maximum absolute atomic E-state index is 13.8. The summed E-state index contributed by atoms with van der Waals surface area (Å²) in [6, 6.07) is 17.1. The van der Waals surface area contributed by atoms with Crippen molar-refractivity contribution in [2.75, 3.05) is 20.1 Å². The van der Waals surface area contributed by atoms with Crippen molar-refractivity contribution in [1.82, 2.24) is 9.62 Å². The molecule has 3 N–H and O–H groups in total. The second kappa shape index (κ2) is 11.7. The number of aliphatic hydroxyl groups excluding tert-OH is 1. The van der Waals surface area contributed by atoms with E-state index < -0.39 is 33.5 Å². The second-order valence-electron chi connectivity index (χ2n) is 9.54. The van der Waals surface area contributed by atoms with Crippen LogP contribution < -0.4 is 5.32 Å². The van der Waals surface area contributed by atoms with Gasteiger partial charge in [-0.2, -0.15) is 4.31 Å². The average molecular weight is 549 g/mol. The van der Waals surface area contributed by atoms with Gasteiger partial charge >= 0.3 is 5.97 Å². The summed E-state index contributed by atoms with van der Waals surface area (Å²) in [7, 11) is -2.54. The maximum atomic E-state index is 13.8. The van der Waals surface area contributed by atoms with Gasteiger partial charge in [0, 0.05) is 25.7 Å². The molecule has 7 nitrogen and oxygen atoms in total. The first-order chi connectivity index (χ1) is 17.3. The predicted molar refractivity (Wildman–Crippen MR) is 142 cm³/mol. The van der Waals surface area contributed by atoms with E-state index in [1.54, 1.807) is 30.3 Å². The normalized spacial score (nSPS) is 13.1. The van der Waals surface area contributed by atoms with Crippen LogP contribution in [0.2, 0.25) is 5.02 Å². The number of likely N-dealkylation sites (N-methyl/N-ethyl adjacent to an activating group) is 1. The van der Waals surface area contributed by atoms with Crippen LogP contribution in [0.5, 0.6) is 0 Å². The zero-order valence-electron chi connectivity index (χ0n) is 20.8. The van der Waals surface area contributed by atoms with Crippen LogP contribution in [0.1, 0.15) is 29.8 Å². The molecule has 10 heteroatoms. The molecule has 37 heavy (non-hydrogen) atoms. The number of sulfonamides is 1. The van der Waals surface area contributed by atoms with Gasteiger partial charge in [0.1, 0.15) is 5.82 Å². The molecule has 0 heterocycles. The van der Waals surface area contributed by atoms with Crippen molar-refractivity contribution in [2.24, 2.45) is 0 Å². The predicted octanol–water partition coefficient (Wildman–Crippen LogP) is 4.44. The van der Waals surface area contributed by atoms with Gasteiger partial charge in [0.2, 0.25) is 10.0 Å². The highest BCUT2D eigenvalue weighted by Crippen LogP contribution is 2.25. The minimum atomic E-state index is -3.93. The van der Waals surface area contributed by atoms with Crippen LogP contribution in [0.3, 0.4) is 0 Å². The molecular formula is C27H30ClFN2O5S. The number of rotatable bonds is 11. The van der Waals surface area contributed by atoms with E-state index in [0.717, 1.165) is 9.87 Å². The zero-order valence-corrected chi connectivity index (χ0v) is 22.4. The molecule has 0 aliphatic carbocycles. The van der Waals surface area contributed by atoms with Crippen LogP contribution in [0.15, 0.2) is 71.6 Å². The first-order valence-electron chi connectivity index (χ1n) is 11.6. The van der Waals surface area contributed by atoms with Gasteiger partial charge in [0.05, 0.1) is 21.6 Å². The van der Waals surface area contributed by atoms with Crippen molar-refractivity contribution in [3.63, 3.8) is 0 Å². The van der Waals surface area contributed by atoms with Crippen molar-refractivity contribution < 1.29 is 27.8 Å². The zero-order chi connectivity index (χ0) is 27.4. The van der Waals surface area contributed by atoms with E-state index in [1.165, 1.54) is 43.4 Å². The summed E-state index contributed by atoms with van der Waals surface area (Å²) in [6.45, 7) is 3.76. The molecule has 0 bridgehead atoms. The summed E-state index contributed by atoms with van der Waals surface area (Å²) in [5.74, 6) is -1.57. The number of hydrogen-bond donors (Lipinski definition) is 3. The fraction of sp³-hybridized carbons (Fsp3) is 0.296. The van der Waals surface area contributed by atoms with Crippen LogP contribution in [0.25, 0.3) is 11.1 Å². The minimum absolute atomic E-state index is 0.0264. The lowest BCUT2D eigenvalue weighted by Crippen LogP contribution is -2.47. The Morgan fingerprint density at radius 2 is 1.73 bits per heavy atom. The largest absolute Gasteiger partial charge is 0.478 e. The average Bonchev–Trinajstić information content (AvgIpc) is 2.85. The fourth-order valence-electron chi connectivity index (χ4n) is 3.92. The number of aliphatic hydroxyl groups is 1. The molecule has 0 unspecified atom stereocenters. The lowest BCUT2D eigenvalue weighted by atomic mass is 9.94. The number of carbonyl (C=O) groups is 1. The van der Waals surface area contributed by atoms with Gasteiger partial charge in [-0.25, -0.2) is 17.6 Å². The Morgan fingerprint density at radius 1 is 1.08 bits per heavy atom. The number of hydrogen-bond acceptors (Lipinski definition) is 5. The molecule has 0 radical (unpaired) electrons. The SMILES string of the molecule is CN(C[C@H](O)CNC(C)(C)Cc1ccc(Cl)c(F)c1)S(=O)(=O)c1cccc(-c2cccc(C(=O)O)c2)c1. The van der Waals surface area contributed by atoms with Crippen molar-refractivity contribution in [2.45, 2.75) is 36.8 Å². The van der Waals surface area contributed by atoms with Gasteiger partial charge in [-0.05, 0) is 73.4 Å². The topological polar surface area (TPSA) is 107 Å². The Morgan fingerprint density at radius 3 is 2.38 bits per heavy atom. The van der Waals surface area contributed by atoms with Crippen molar-refractivity contribution in [3.05, 3.63) is 88.7 Å². The molecule has 198 valence electrons. The number of carboxylic acid groups (broad SMARTS) is 1. The maximum Gasteiger partial charge on any atom is 0.335 e. The molecule has 0 saturated heterocycles. The van der Waals surface area contributed by atoms with E-state index in [9.17, 15) is 27.8 Å². The van der Waals surface area contributed by atoms with Gasteiger partial charge in [0.15, 0.2) is 0 Å². The summed E-state index contributed by atoms with van der Waals surface area (Å²) in [4.78, 5) is 11.3. The number of nitrogens with one attached hydrogen (secondary N) is 1. The Bertz CT molecular complexity index is 1380. The second-order valence-corrected chi connectivity index (χ2v) is 12.0. The molecule has 3 aromatic carbocycles. The molecule has 0 aliphatic heterocycles. The third-order valence-electron chi connectivity index (χ3n) is 5.90. The van der Waals surface area contributed by atoms with E-state index in [2.05, 4.69) is 5.32 Å². The number of carboxylic acids is 1. The monoisotopic (exact) mass is 548 g/mol. The Kier molecular flexibility index (Phi) is 9.09. The van der Waals surface area contributed by atoms with Crippen LogP contribution >= 0.6 is 11.6 Å². The summed E-state index contributed by atoms with van der Waals surface area (Å²) in [5, 5.41) is 23.0. The van der Waals surface area contributed by atoms with Crippen molar-refractivity contribution >= 4 is 27.6 Å². The summed E-state index contributed by atoms with van der Waals surface area (Å²) >= 11 is 5.74. The van der Waals surface area contributed by atoms with E-state index in [4.69, 9.17) is 11.6 Å². The molecule has 0 aliphatic rings. The molecule has 3 rings (SSSR count). The summed E-state index contributed by atoms with van der Waals surface area (Å²) in [5.41, 5.74) is 1.47. The molecule has 1 atom stereocenters. The highest BCUT2D eigenvalue weighted by molar-refractivity contribution is 7.89. The van der Waals surface area contributed by atoms with Gasteiger partial charge in [0.25, 0.3) is 0 Å². The van der Waals surface area contributed by atoms with Crippen LogP contribution in [0.4, 0.5) is 4.39 Å². The van der Waals surface area contributed by atoms with E-state index in [-0.39, 0.29) is 28.6 Å². The number of nitrogens with zero attached hydrogens (tertiary/aromatic N) is 1. The highest BCUT2D eigenvalue weighted by atomic mass is 35.5. The minimum Gasteiger partial charge on any atom is -0.478 e. The smallest absolute Gasteiger partial charge is 0.335 e. The lowest BCUT2D eigenvalue weighted by molar-refractivity contribution is 0.0697. The number of aromatic carboxylic acids is 1. The standard InChI is InChI=1S/C27H30ClFN2O5S/c1-27(2,15-18-10-11-24(28)25(29)12-18)30-16-22(32)17-31(3)37(35,36)23-9-5-7-20(14-23)19-6-4-8-21(13-19)26(33)34/h4-14,22,30,32H,15-17H2,1-3H3,(H,33,34)/t22-/m1/s1. The van der Waals surface area contributed by atoms with Crippen molar-refractivity contribution in [1.29, 1.82) is 0 Å². The van der Waals surface area contributed by atoms with Gasteiger partial charge < -0.3 is 15.5 Å².